The summed E-state index contributed by atoms with van der Waals surface area (Å²) < 4.78 is 0. The maximum absolute atomic E-state index is 12.5. The zero-order chi connectivity index (χ0) is 16.2. The molecular formula is C18H19NO3S. The van der Waals surface area contributed by atoms with Crippen molar-refractivity contribution in [2.24, 2.45) is 5.92 Å². The van der Waals surface area contributed by atoms with Crippen molar-refractivity contribution < 1.29 is 14.7 Å². The summed E-state index contributed by atoms with van der Waals surface area (Å²) in [6.45, 7) is 0.901. The average Bonchev–Trinajstić information content (AvgIpc) is 3.08. The minimum absolute atomic E-state index is 0.00952. The van der Waals surface area contributed by atoms with Crippen LogP contribution in [0.5, 0.6) is 0 Å². The van der Waals surface area contributed by atoms with Gasteiger partial charge < -0.3 is 10.0 Å². The number of likely N-dealkylation sites (tertiary alicyclic amines) is 1. The monoisotopic (exact) mass is 329 g/mol. The van der Waals surface area contributed by atoms with E-state index in [4.69, 9.17) is 0 Å². The summed E-state index contributed by atoms with van der Waals surface area (Å²) in [6, 6.07) is 11.8. The van der Waals surface area contributed by atoms with E-state index in [2.05, 4.69) is 0 Å². The Balaban J connectivity index is 1.76. The molecule has 2 heterocycles. The quantitative estimate of drug-likeness (QED) is 0.938. The highest BCUT2D eigenvalue weighted by Gasteiger charge is 2.34. The maximum atomic E-state index is 12.5. The van der Waals surface area contributed by atoms with Gasteiger partial charge in [-0.15, -0.1) is 0 Å². The topological polar surface area (TPSA) is 57.6 Å². The second-order valence-corrected chi connectivity index (χ2v) is 6.77. The molecule has 1 saturated heterocycles. The van der Waals surface area contributed by atoms with Crippen LogP contribution in [0.3, 0.4) is 0 Å². The third kappa shape index (κ3) is 3.79. The van der Waals surface area contributed by atoms with E-state index in [9.17, 15) is 14.7 Å². The Morgan fingerprint density at radius 1 is 1.17 bits per heavy atom. The van der Waals surface area contributed by atoms with Crippen molar-refractivity contribution in [3.63, 3.8) is 0 Å². The van der Waals surface area contributed by atoms with Gasteiger partial charge in [0.25, 0.3) is 0 Å². The molecule has 1 fully saturated rings. The van der Waals surface area contributed by atoms with E-state index in [1.807, 2.05) is 47.2 Å². The lowest BCUT2D eigenvalue weighted by molar-refractivity contribution is -0.146. The van der Waals surface area contributed by atoms with Crippen LogP contribution in [0.2, 0.25) is 0 Å². The Morgan fingerprint density at radius 3 is 2.61 bits per heavy atom. The number of benzene rings is 1. The molecule has 1 aliphatic heterocycles. The molecule has 2 aromatic rings. The number of nitrogens with zero attached hydrogens (tertiary/aromatic N) is 1. The molecule has 4 nitrogen and oxygen atoms in total. The molecule has 0 saturated carbocycles. The number of rotatable bonds is 4. The predicted octanol–water partition coefficient (Wildman–Crippen LogP) is 3.01. The normalized spacial score (nSPS) is 21.1. The molecule has 0 spiro atoms. The molecule has 2 atom stereocenters. The Bertz CT molecular complexity index is 669. The summed E-state index contributed by atoms with van der Waals surface area (Å²) in [5.41, 5.74) is 2.10. The van der Waals surface area contributed by atoms with Gasteiger partial charge in [0.1, 0.15) is 0 Å². The lowest BCUT2D eigenvalue weighted by Gasteiger charge is -2.36. The number of carbonyl (C=O) groups is 2. The number of hydrogen-bond donors (Lipinski definition) is 1. The largest absolute Gasteiger partial charge is 0.481 e. The first-order chi connectivity index (χ1) is 11.1. The van der Waals surface area contributed by atoms with Gasteiger partial charge in [-0.2, -0.15) is 11.3 Å². The maximum Gasteiger partial charge on any atom is 0.308 e. The lowest BCUT2D eigenvalue weighted by atomic mass is 9.84. The van der Waals surface area contributed by atoms with Crippen LogP contribution in [-0.2, 0) is 16.0 Å². The van der Waals surface area contributed by atoms with Crippen LogP contribution in [-0.4, -0.2) is 35.0 Å². The molecule has 0 bridgehead atoms. The average molecular weight is 329 g/mol. The lowest BCUT2D eigenvalue weighted by Crippen LogP contribution is -2.46. The Labute approximate surface area is 139 Å². The van der Waals surface area contributed by atoms with E-state index in [0.29, 0.717) is 25.9 Å². The van der Waals surface area contributed by atoms with Crippen molar-refractivity contribution in [3.8, 4) is 0 Å². The van der Waals surface area contributed by atoms with Crippen LogP contribution >= 0.6 is 11.3 Å². The van der Waals surface area contributed by atoms with Gasteiger partial charge in [0.15, 0.2) is 0 Å². The van der Waals surface area contributed by atoms with Crippen LogP contribution in [0.4, 0.5) is 0 Å². The number of thiophene rings is 1. The zero-order valence-electron chi connectivity index (χ0n) is 12.7. The first-order valence-electron chi connectivity index (χ1n) is 7.70. The Morgan fingerprint density at radius 2 is 1.96 bits per heavy atom. The summed E-state index contributed by atoms with van der Waals surface area (Å²) in [5.74, 6) is -1.23. The number of aliphatic carboxylic acids is 1. The Kier molecular flexibility index (Phi) is 4.76. The standard InChI is InChI=1S/C18H19NO3S/c20-17(8-13-6-7-23-12-13)19-10-15(9-16(11-19)18(21)22)14-4-2-1-3-5-14/h1-7,12,15-16H,8-11H2,(H,21,22)/t15-,16-/m0/s1. The van der Waals surface area contributed by atoms with Crippen LogP contribution in [0, 0.1) is 5.92 Å². The van der Waals surface area contributed by atoms with Crippen LogP contribution < -0.4 is 0 Å². The fraction of sp³-hybridized carbons (Fsp3) is 0.333. The van der Waals surface area contributed by atoms with Gasteiger partial charge in [-0.25, -0.2) is 0 Å². The molecule has 1 aliphatic rings. The highest BCUT2D eigenvalue weighted by atomic mass is 32.1. The molecule has 1 aromatic carbocycles. The van der Waals surface area contributed by atoms with Crippen molar-refractivity contribution in [3.05, 3.63) is 58.3 Å². The van der Waals surface area contributed by atoms with Crippen molar-refractivity contribution >= 4 is 23.2 Å². The second kappa shape index (κ2) is 6.96. The molecule has 1 aromatic heterocycles. The molecule has 120 valence electrons. The number of carboxylic acids is 1. The smallest absolute Gasteiger partial charge is 0.308 e. The molecule has 1 N–H and O–H groups in total. The van der Waals surface area contributed by atoms with Crippen LogP contribution in [0.25, 0.3) is 0 Å². The third-order valence-corrected chi connectivity index (χ3v) is 5.09. The van der Waals surface area contributed by atoms with E-state index in [1.165, 1.54) is 0 Å². The first kappa shape index (κ1) is 15.7. The fourth-order valence-electron chi connectivity index (χ4n) is 3.13. The first-order valence-corrected chi connectivity index (χ1v) is 8.64. The second-order valence-electron chi connectivity index (χ2n) is 5.99. The summed E-state index contributed by atoms with van der Waals surface area (Å²) in [4.78, 5) is 25.7. The van der Waals surface area contributed by atoms with Gasteiger partial charge in [-0.05, 0) is 34.4 Å². The molecule has 23 heavy (non-hydrogen) atoms. The van der Waals surface area contributed by atoms with Crippen molar-refractivity contribution in [1.29, 1.82) is 0 Å². The molecule has 5 heteroatoms. The van der Waals surface area contributed by atoms with Gasteiger partial charge >= 0.3 is 5.97 Å². The molecule has 3 rings (SSSR count). The predicted molar refractivity (Wildman–Crippen MR) is 89.5 cm³/mol. The molecule has 0 radical (unpaired) electrons. The number of amides is 1. The van der Waals surface area contributed by atoms with Gasteiger partial charge in [-0.1, -0.05) is 30.3 Å². The van der Waals surface area contributed by atoms with Gasteiger partial charge in [0.05, 0.1) is 12.3 Å². The number of piperidine rings is 1. The fourth-order valence-corrected chi connectivity index (χ4v) is 3.80. The molecule has 0 unspecified atom stereocenters. The number of hydrogen-bond acceptors (Lipinski definition) is 3. The molecular weight excluding hydrogens is 310 g/mol. The number of carbonyl (C=O) groups excluding carboxylic acids is 1. The summed E-state index contributed by atoms with van der Waals surface area (Å²) in [6.07, 6.45) is 0.929. The summed E-state index contributed by atoms with van der Waals surface area (Å²) >= 11 is 1.57. The minimum atomic E-state index is -0.820. The summed E-state index contributed by atoms with van der Waals surface area (Å²) in [7, 11) is 0. The molecule has 0 aliphatic carbocycles. The highest BCUT2D eigenvalue weighted by Crippen LogP contribution is 2.30. The van der Waals surface area contributed by atoms with E-state index >= 15 is 0 Å². The summed E-state index contributed by atoms with van der Waals surface area (Å²) in [5, 5.41) is 13.3. The van der Waals surface area contributed by atoms with E-state index in [1.54, 1.807) is 16.2 Å². The van der Waals surface area contributed by atoms with Crippen LogP contribution in [0.15, 0.2) is 47.2 Å². The SMILES string of the molecule is O=C(O)[C@H]1C[C@H](c2ccccc2)CN(C(=O)Cc2ccsc2)C1. The van der Waals surface area contributed by atoms with E-state index in [0.717, 1.165) is 11.1 Å². The van der Waals surface area contributed by atoms with Gasteiger partial charge in [0, 0.05) is 19.0 Å². The zero-order valence-corrected chi connectivity index (χ0v) is 13.5. The third-order valence-electron chi connectivity index (χ3n) is 4.36. The van der Waals surface area contributed by atoms with Crippen molar-refractivity contribution in [2.75, 3.05) is 13.1 Å². The van der Waals surface area contributed by atoms with Crippen molar-refractivity contribution in [2.45, 2.75) is 18.8 Å². The van der Waals surface area contributed by atoms with Crippen LogP contribution in [0.1, 0.15) is 23.5 Å². The van der Waals surface area contributed by atoms with E-state index in [-0.39, 0.29) is 11.8 Å². The van der Waals surface area contributed by atoms with Crippen molar-refractivity contribution in [1.82, 2.24) is 4.90 Å². The van der Waals surface area contributed by atoms with E-state index < -0.39 is 11.9 Å². The van der Waals surface area contributed by atoms with Gasteiger partial charge in [0.2, 0.25) is 5.91 Å². The van der Waals surface area contributed by atoms with Gasteiger partial charge in [-0.3, -0.25) is 9.59 Å². The minimum Gasteiger partial charge on any atom is -0.481 e. The number of carboxylic acid groups (broad SMARTS) is 1. The Hall–Kier alpha value is -2.14. The highest BCUT2D eigenvalue weighted by molar-refractivity contribution is 7.08. The molecule has 1 amide bonds.